The van der Waals surface area contributed by atoms with E-state index in [-0.39, 0.29) is 0 Å². The minimum atomic E-state index is -4.56. The molecule has 7 heteroatoms. The summed E-state index contributed by atoms with van der Waals surface area (Å²) in [5.41, 5.74) is 5.71. The standard InChI is InChI=1S/C11H14F3N3O/c1-17(8-5-3-2-4-6-8)7-9(10(15)16-18)11(12,13)14/h2-6,9,18H,7H2,1H3,(H2,15,16). The van der Waals surface area contributed by atoms with Gasteiger partial charge >= 0.3 is 6.18 Å². The molecule has 18 heavy (non-hydrogen) atoms. The van der Waals surface area contributed by atoms with Crippen LogP contribution >= 0.6 is 0 Å². The van der Waals surface area contributed by atoms with E-state index in [9.17, 15) is 13.2 Å². The molecule has 0 aliphatic carbocycles. The van der Waals surface area contributed by atoms with Crippen LogP contribution in [0.15, 0.2) is 35.5 Å². The summed E-state index contributed by atoms with van der Waals surface area (Å²) < 4.78 is 38.2. The van der Waals surface area contributed by atoms with Crippen LogP contribution in [0, 0.1) is 5.92 Å². The van der Waals surface area contributed by atoms with Gasteiger partial charge in [-0.05, 0) is 12.1 Å². The van der Waals surface area contributed by atoms with Crippen molar-refractivity contribution < 1.29 is 18.4 Å². The Hall–Kier alpha value is -1.92. The zero-order valence-electron chi connectivity index (χ0n) is 9.72. The van der Waals surface area contributed by atoms with Crippen molar-refractivity contribution in [1.29, 1.82) is 0 Å². The highest BCUT2D eigenvalue weighted by Crippen LogP contribution is 2.28. The molecule has 1 rings (SSSR count). The van der Waals surface area contributed by atoms with Crippen LogP contribution in [0.3, 0.4) is 0 Å². The smallest absolute Gasteiger partial charge is 0.400 e. The third-order valence-electron chi connectivity index (χ3n) is 2.52. The maximum Gasteiger partial charge on any atom is 0.400 e. The summed E-state index contributed by atoms with van der Waals surface area (Å²) in [6.45, 7) is -0.413. The SMILES string of the molecule is CN(CC(/C(N)=N/O)C(F)(F)F)c1ccccc1. The molecule has 1 aromatic rings. The van der Waals surface area contributed by atoms with Crippen LogP contribution in [0.1, 0.15) is 0 Å². The maximum atomic E-state index is 12.7. The summed E-state index contributed by atoms with van der Waals surface area (Å²) in [6, 6.07) is 8.57. The van der Waals surface area contributed by atoms with Crippen molar-refractivity contribution in [3.8, 4) is 0 Å². The number of nitrogens with two attached hydrogens (primary N) is 1. The molecule has 0 amide bonds. The number of hydrogen-bond donors (Lipinski definition) is 2. The lowest BCUT2D eigenvalue weighted by Gasteiger charge is -2.26. The van der Waals surface area contributed by atoms with Crippen molar-refractivity contribution in [3.05, 3.63) is 30.3 Å². The molecule has 4 nitrogen and oxygen atoms in total. The molecular weight excluding hydrogens is 247 g/mol. The van der Waals surface area contributed by atoms with Gasteiger partial charge in [-0.2, -0.15) is 13.2 Å². The van der Waals surface area contributed by atoms with Gasteiger partial charge in [-0.3, -0.25) is 0 Å². The first-order valence-corrected chi connectivity index (χ1v) is 5.16. The summed E-state index contributed by atoms with van der Waals surface area (Å²) in [5, 5.41) is 10.8. The third kappa shape index (κ3) is 3.54. The monoisotopic (exact) mass is 261 g/mol. The maximum absolute atomic E-state index is 12.7. The third-order valence-corrected chi connectivity index (χ3v) is 2.52. The van der Waals surface area contributed by atoms with Crippen molar-refractivity contribution >= 4 is 11.5 Å². The van der Waals surface area contributed by atoms with Crippen LogP contribution in [-0.2, 0) is 0 Å². The second-order valence-corrected chi connectivity index (χ2v) is 3.84. The number of rotatable bonds is 4. The van der Waals surface area contributed by atoms with Crippen LogP contribution in [0.5, 0.6) is 0 Å². The number of para-hydroxylation sites is 1. The van der Waals surface area contributed by atoms with Crippen molar-refractivity contribution in [2.45, 2.75) is 6.18 Å². The molecule has 0 aliphatic rings. The largest absolute Gasteiger partial charge is 0.409 e. The van der Waals surface area contributed by atoms with E-state index in [4.69, 9.17) is 10.9 Å². The Kier molecular flexibility index (Phi) is 4.41. The molecule has 0 saturated heterocycles. The zero-order valence-corrected chi connectivity index (χ0v) is 9.72. The van der Waals surface area contributed by atoms with Crippen molar-refractivity contribution in [2.75, 3.05) is 18.5 Å². The van der Waals surface area contributed by atoms with Gasteiger partial charge in [0.15, 0.2) is 5.84 Å². The molecule has 1 unspecified atom stereocenters. The molecule has 0 heterocycles. The van der Waals surface area contributed by atoms with E-state index in [1.54, 1.807) is 30.3 Å². The van der Waals surface area contributed by atoms with Gasteiger partial charge in [0.2, 0.25) is 0 Å². The van der Waals surface area contributed by atoms with Gasteiger partial charge in [0.25, 0.3) is 0 Å². The number of oxime groups is 1. The minimum absolute atomic E-state index is 0.413. The van der Waals surface area contributed by atoms with E-state index in [1.165, 1.54) is 11.9 Å². The molecule has 0 radical (unpaired) electrons. The Balaban J connectivity index is 2.85. The molecule has 0 bridgehead atoms. The molecule has 0 aliphatic heterocycles. The number of halogens is 3. The Labute approximate surface area is 102 Å². The van der Waals surface area contributed by atoms with Crippen LogP contribution in [0.25, 0.3) is 0 Å². The van der Waals surface area contributed by atoms with Crippen LogP contribution < -0.4 is 10.6 Å². The number of nitrogens with zero attached hydrogens (tertiary/aromatic N) is 2. The zero-order chi connectivity index (χ0) is 13.8. The predicted molar refractivity (Wildman–Crippen MR) is 62.7 cm³/mol. The van der Waals surface area contributed by atoms with Crippen LogP contribution in [0.2, 0.25) is 0 Å². The quantitative estimate of drug-likeness (QED) is 0.377. The number of benzene rings is 1. The first kappa shape index (κ1) is 14.1. The fourth-order valence-electron chi connectivity index (χ4n) is 1.50. The normalized spacial score (nSPS) is 14.3. The van der Waals surface area contributed by atoms with Crippen molar-refractivity contribution in [2.24, 2.45) is 16.8 Å². The molecule has 100 valence electrons. The number of amidine groups is 1. The summed E-state index contributed by atoms with van der Waals surface area (Å²) in [5.74, 6) is -2.85. The summed E-state index contributed by atoms with van der Waals surface area (Å²) in [6.07, 6.45) is -4.56. The van der Waals surface area contributed by atoms with E-state index in [0.29, 0.717) is 5.69 Å². The molecule has 1 atom stereocenters. The number of hydrogen-bond acceptors (Lipinski definition) is 3. The van der Waals surface area contributed by atoms with Gasteiger partial charge in [0.1, 0.15) is 5.92 Å². The van der Waals surface area contributed by atoms with Gasteiger partial charge in [-0.1, -0.05) is 23.4 Å². The topological polar surface area (TPSA) is 61.8 Å². The average Bonchev–Trinajstić information content (AvgIpc) is 2.34. The fraction of sp³-hybridized carbons (Fsp3) is 0.364. The Morgan fingerprint density at radius 3 is 2.39 bits per heavy atom. The van der Waals surface area contributed by atoms with E-state index in [1.807, 2.05) is 0 Å². The lowest BCUT2D eigenvalue weighted by Crippen LogP contribution is -2.43. The number of alkyl halides is 3. The molecule has 0 aromatic heterocycles. The van der Waals surface area contributed by atoms with Crippen molar-refractivity contribution in [3.63, 3.8) is 0 Å². The van der Waals surface area contributed by atoms with Crippen LogP contribution in [0.4, 0.5) is 18.9 Å². The van der Waals surface area contributed by atoms with Gasteiger partial charge in [-0.15, -0.1) is 0 Å². The Bertz CT molecular complexity index is 406. The van der Waals surface area contributed by atoms with Crippen molar-refractivity contribution in [1.82, 2.24) is 0 Å². The van der Waals surface area contributed by atoms with E-state index < -0.39 is 24.5 Å². The Morgan fingerprint density at radius 1 is 1.39 bits per heavy atom. The Morgan fingerprint density at radius 2 is 1.94 bits per heavy atom. The average molecular weight is 261 g/mol. The predicted octanol–water partition coefficient (Wildman–Crippen LogP) is 2.05. The highest BCUT2D eigenvalue weighted by molar-refractivity contribution is 5.83. The summed E-state index contributed by atoms with van der Waals surface area (Å²) in [7, 11) is 1.51. The first-order valence-electron chi connectivity index (χ1n) is 5.16. The molecular formula is C11H14F3N3O. The van der Waals surface area contributed by atoms with Gasteiger partial charge in [0.05, 0.1) is 0 Å². The summed E-state index contributed by atoms with van der Waals surface area (Å²) >= 11 is 0. The molecule has 0 spiro atoms. The van der Waals surface area contributed by atoms with E-state index in [2.05, 4.69) is 5.16 Å². The van der Waals surface area contributed by atoms with Gasteiger partial charge in [-0.25, -0.2) is 0 Å². The second-order valence-electron chi connectivity index (χ2n) is 3.84. The lowest BCUT2D eigenvalue weighted by molar-refractivity contribution is -0.153. The van der Waals surface area contributed by atoms with E-state index in [0.717, 1.165) is 0 Å². The first-order chi connectivity index (χ1) is 8.36. The van der Waals surface area contributed by atoms with E-state index >= 15 is 0 Å². The second kappa shape index (κ2) is 5.61. The molecule has 0 fully saturated rings. The molecule has 1 aromatic carbocycles. The minimum Gasteiger partial charge on any atom is -0.409 e. The van der Waals surface area contributed by atoms with Gasteiger partial charge in [0, 0.05) is 19.3 Å². The highest BCUT2D eigenvalue weighted by Gasteiger charge is 2.43. The molecule has 3 N–H and O–H groups in total. The molecule has 0 saturated carbocycles. The lowest BCUT2D eigenvalue weighted by atomic mass is 10.1. The van der Waals surface area contributed by atoms with Gasteiger partial charge < -0.3 is 15.8 Å². The highest BCUT2D eigenvalue weighted by atomic mass is 19.4. The summed E-state index contributed by atoms with van der Waals surface area (Å²) in [4.78, 5) is 1.40. The number of anilines is 1. The van der Waals surface area contributed by atoms with Crippen LogP contribution in [-0.4, -0.2) is 30.8 Å². The fourth-order valence-corrected chi connectivity index (χ4v) is 1.50.